The molecule has 8 heteroatoms. The number of rotatable bonds is 4. The number of nitrogens with zero attached hydrogens (tertiary/aromatic N) is 3. The van der Waals surface area contributed by atoms with Gasteiger partial charge >= 0.3 is 0 Å². The fourth-order valence-electron chi connectivity index (χ4n) is 3.99. The molecule has 0 atom stereocenters. The number of piperidine rings is 1. The monoisotopic (exact) mass is 442 g/mol. The second-order valence-corrected chi connectivity index (χ2v) is 9.57. The zero-order valence-corrected chi connectivity index (χ0v) is 18.3. The Morgan fingerprint density at radius 2 is 1.90 bits per heavy atom. The first-order chi connectivity index (χ1) is 14.5. The average Bonchev–Trinajstić information content (AvgIpc) is 3.37. The van der Waals surface area contributed by atoms with E-state index in [0.717, 1.165) is 47.3 Å². The number of halogens is 1. The van der Waals surface area contributed by atoms with Gasteiger partial charge in [0.15, 0.2) is 0 Å². The van der Waals surface area contributed by atoms with Crippen molar-refractivity contribution in [2.24, 2.45) is 5.92 Å². The van der Waals surface area contributed by atoms with Crippen molar-refractivity contribution >= 4 is 45.0 Å². The van der Waals surface area contributed by atoms with Crippen molar-refractivity contribution in [1.29, 1.82) is 0 Å². The summed E-state index contributed by atoms with van der Waals surface area (Å²) < 4.78 is 1.82. The molecule has 2 aromatic heterocycles. The predicted octanol–water partition coefficient (Wildman–Crippen LogP) is 4.18. The Kier molecular flexibility index (Phi) is 5.03. The highest BCUT2D eigenvalue weighted by Gasteiger charge is 2.32. The average molecular weight is 443 g/mol. The van der Waals surface area contributed by atoms with Crippen molar-refractivity contribution in [1.82, 2.24) is 20.0 Å². The Hall–Kier alpha value is -2.38. The maximum atomic E-state index is 13.1. The fraction of sp³-hybridized carbons (Fsp3) is 0.409. The molecular formula is C22H23ClN4O2S. The SMILES string of the molecule is Cc1nn(-c2ccccc2Cl)c2sc(C(=O)N3CCC(C(=O)NC4CC4)CC3)cc12. The summed E-state index contributed by atoms with van der Waals surface area (Å²) in [6, 6.07) is 9.89. The van der Waals surface area contributed by atoms with E-state index in [0.29, 0.717) is 29.0 Å². The lowest BCUT2D eigenvalue weighted by atomic mass is 9.95. The Morgan fingerprint density at radius 3 is 2.60 bits per heavy atom. The van der Waals surface area contributed by atoms with Crippen LogP contribution in [-0.4, -0.2) is 45.6 Å². The highest BCUT2D eigenvalue weighted by molar-refractivity contribution is 7.20. The van der Waals surface area contributed by atoms with Gasteiger partial charge in [-0.25, -0.2) is 4.68 Å². The summed E-state index contributed by atoms with van der Waals surface area (Å²) in [5.41, 5.74) is 1.68. The maximum Gasteiger partial charge on any atom is 0.264 e. The van der Waals surface area contributed by atoms with Crippen molar-refractivity contribution in [2.75, 3.05) is 13.1 Å². The number of thiophene rings is 1. The molecule has 5 rings (SSSR count). The number of nitrogens with one attached hydrogen (secondary N) is 1. The predicted molar refractivity (Wildman–Crippen MR) is 118 cm³/mol. The first-order valence-electron chi connectivity index (χ1n) is 10.3. The number of para-hydroxylation sites is 1. The van der Waals surface area contributed by atoms with Gasteiger partial charge in [-0.15, -0.1) is 11.3 Å². The van der Waals surface area contributed by atoms with Gasteiger partial charge in [-0.1, -0.05) is 23.7 Å². The van der Waals surface area contributed by atoms with Gasteiger partial charge in [0.1, 0.15) is 4.83 Å². The number of carbonyl (C=O) groups is 2. The third-order valence-corrected chi connectivity index (χ3v) is 7.33. The molecule has 0 spiro atoms. The molecule has 0 bridgehead atoms. The summed E-state index contributed by atoms with van der Waals surface area (Å²) in [6.45, 7) is 3.18. The lowest BCUT2D eigenvalue weighted by Gasteiger charge is -2.31. The van der Waals surface area contributed by atoms with Crippen molar-refractivity contribution in [3.05, 3.63) is 45.9 Å². The Labute approximate surface area is 183 Å². The molecular weight excluding hydrogens is 420 g/mol. The molecule has 30 heavy (non-hydrogen) atoms. The number of hydrogen-bond acceptors (Lipinski definition) is 4. The van der Waals surface area contributed by atoms with Gasteiger partial charge in [0.25, 0.3) is 5.91 Å². The minimum absolute atomic E-state index is 0.0214. The molecule has 1 N–H and O–H groups in total. The van der Waals surface area contributed by atoms with Crippen LogP contribution in [0.15, 0.2) is 30.3 Å². The molecule has 6 nitrogen and oxygen atoms in total. The summed E-state index contributed by atoms with van der Waals surface area (Å²) >= 11 is 7.82. The molecule has 3 aromatic rings. The summed E-state index contributed by atoms with van der Waals surface area (Å²) in [5.74, 6) is 0.206. The number of benzene rings is 1. The van der Waals surface area contributed by atoms with Crippen molar-refractivity contribution in [3.63, 3.8) is 0 Å². The number of amides is 2. The molecule has 1 aliphatic carbocycles. The van der Waals surface area contributed by atoms with E-state index in [1.165, 1.54) is 11.3 Å². The summed E-state index contributed by atoms with van der Waals surface area (Å²) in [6.07, 6.45) is 3.64. The minimum Gasteiger partial charge on any atom is -0.353 e. The van der Waals surface area contributed by atoms with Crippen LogP contribution < -0.4 is 5.32 Å². The Balaban J connectivity index is 1.34. The number of fused-ring (bicyclic) bond motifs is 1. The minimum atomic E-state index is 0.0214. The van der Waals surface area contributed by atoms with Gasteiger partial charge in [0.05, 0.1) is 21.3 Å². The molecule has 1 saturated carbocycles. The number of carbonyl (C=O) groups excluding carboxylic acids is 2. The molecule has 2 fully saturated rings. The molecule has 1 aromatic carbocycles. The van der Waals surface area contributed by atoms with Gasteiger partial charge in [0.2, 0.25) is 5.91 Å². The van der Waals surface area contributed by atoms with Gasteiger partial charge in [-0.05, 0) is 50.8 Å². The van der Waals surface area contributed by atoms with Crippen LogP contribution in [0.4, 0.5) is 0 Å². The van der Waals surface area contributed by atoms with E-state index < -0.39 is 0 Å². The second-order valence-electron chi connectivity index (χ2n) is 8.13. The van der Waals surface area contributed by atoms with Gasteiger partial charge in [-0.2, -0.15) is 5.10 Å². The van der Waals surface area contributed by atoms with Gasteiger partial charge in [-0.3, -0.25) is 9.59 Å². The summed E-state index contributed by atoms with van der Waals surface area (Å²) in [5, 5.41) is 9.30. The van der Waals surface area contributed by atoms with E-state index in [9.17, 15) is 9.59 Å². The molecule has 1 aliphatic heterocycles. The summed E-state index contributed by atoms with van der Waals surface area (Å²) in [4.78, 5) is 28.9. The van der Waals surface area contributed by atoms with E-state index in [1.807, 2.05) is 46.8 Å². The molecule has 2 amide bonds. The van der Waals surface area contributed by atoms with Crippen LogP contribution in [0, 0.1) is 12.8 Å². The van der Waals surface area contributed by atoms with Crippen LogP contribution in [0.25, 0.3) is 15.9 Å². The Morgan fingerprint density at radius 1 is 1.17 bits per heavy atom. The third kappa shape index (κ3) is 3.61. The van der Waals surface area contributed by atoms with Crippen LogP contribution in [0.5, 0.6) is 0 Å². The molecule has 2 aliphatic rings. The van der Waals surface area contributed by atoms with E-state index >= 15 is 0 Å². The standard InChI is InChI=1S/C22H23ClN4O2S/c1-13-16-12-19(30-22(16)27(25-13)18-5-3-2-4-17(18)23)21(29)26-10-8-14(9-11-26)20(28)24-15-6-7-15/h2-5,12,14-15H,6-11H2,1H3,(H,24,28). The smallest absolute Gasteiger partial charge is 0.264 e. The first kappa shape index (κ1) is 19.6. The van der Waals surface area contributed by atoms with Crippen LogP contribution >= 0.6 is 22.9 Å². The van der Waals surface area contributed by atoms with Gasteiger partial charge < -0.3 is 10.2 Å². The van der Waals surface area contributed by atoms with Crippen LogP contribution in [0.3, 0.4) is 0 Å². The van der Waals surface area contributed by atoms with E-state index in [4.69, 9.17) is 11.6 Å². The molecule has 156 valence electrons. The number of likely N-dealkylation sites (tertiary alicyclic amines) is 1. The van der Waals surface area contributed by atoms with Crippen LogP contribution in [0.2, 0.25) is 5.02 Å². The molecule has 0 radical (unpaired) electrons. The zero-order chi connectivity index (χ0) is 20.8. The van der Waals surface area contributed by atoms with Crippen LogP contribution in [-0.2, 0) is 4.79 Å². The fourth-order valence-corrected chi connectivity index (χ4v) is 5.35. The topological polar surface area (TPSA) is 67.2 Å². The van der Waals surface area contributed by atoms with E-state index in [1.54, 1.807) is 0 Å². The Bertz CT molecular complexity index is 1130. The van der Waals surface area contributed by atoms with Crippen molar-refractivity contribution in [2.45, 2.75) is 38.6 Å². The lowest BCUT2D eigenvalue weighted by molar-refractivity contribution is -0.126. The van der Waals surface area contributed by atoms with Crippen LogP contribution in [0.1, 0.15) is 41.0 Å². The maximum absolute atomic E-state index is 13.1. The van der Waals surface area contributed by atoms with Crippen molar-refractivity contribution < 1.29 is 9.59 Å². The highest BCUT2D eigenvalue weighted by Crippen LogP contribution is 2.33. The molecule has 3 heterocycles. The normalized spacial score (nSPS) is 17.5. The molecule has 1 saturated heterocycles. The van der Waals surface area contributed by atoms with E-state index in [-0.39, 0.29) is 17.7 Å². The largest absolute Gasteiger partial charge is 0.353 e. The zero-order valence-electron chi connectivity index (χ0n) is 16.7. The number of aryl methyl sites for hydroxylation is 1. The second kappa shape index (κ2) is 7.71. The third-order valence-electron chi connectivity index (χ3n) is 5.91. The lowest BCUT2D eigenvalue weighted by Crippen LogP contribution is -2.43. The quantitative estimate of drug-likeness (QED) is 0.659. The first-order valence-corrected chi connectivity index (χ1v) is 11.5. The molecule has 0 unspecified atom stereocenters. The van der Waals surface area contributed by atoms with E-state index in [2.05, 4.69) is 10.4 Å². The number of aromatic nitrogens is 2. The number of hydrogen-bond donors (Lipinski definition) is 1. The van der Waals surface area contributed by atoms with Gasteiger partial charge in [0, 0.05) is 30.4 Å². The highest BCUT2D eigenvalue weighted by atomic mass is 35.5. The summed E-state index contributed by atoms with van der Waals surface area (Å²) in [7, 11) is 0. The van der Waals surface area contributed by atoms with Crippen molar-refractivity contribution in [3.8, 4) is 5.69 Å².